The highest BCUT2D eigenvalue weighted by molar-refractivity contribution is 5.99. The summed E-state index contributed by atoms with van der Waals surface area (Å²) in [6.45, 7) is 2.93. The average molecular weight is 367 g/mol. The molecule has 2 N–H and O–H groups in total. The minimum atomic E-state index is -1.27. The summed E-state index contributed by atoms with van der Waals surface area (Å²) in [5.74, 6) is -2.55. The van der Waals surface area contributed by atoms with Crippen LogP contribution in [0.4, 0.5) is 4.79 Å². The third-order valence-corrected chi connectivity index (χ3v) is 3.62. The van der Waals surface area contributed by atoms with Gasteiger partial charge in [0, 0.05) is 13.5 Å². The molecular formula is C18H25NO7. The number of hydrogen-bond donors (Lipinski definition) is 2. The van der Waals surface area contributed by atoms with Crippen molar-refractivity contribution in [2.75, 3.05) is 13.7 Å². The lowest BCUT2D eigenvalue weighted by Gasteiger charge is -2.26. The zero-order chi connectivity index (χ0) is 19.5. The molecular weight excluding hydrogens is 342 g/mol. The number of hydrogen-bond acceptors (Lipinski definition) is 7. The fourth-order valence-electron chi connectivity index (χ4n) is 2.35. The van der Waals surface area contributed by atoms with E-state index < -0.39 is 36.1 Å². The maximum Gasteiger partial charge on any atom is 0.407 e. The van der Waals surface area contributed by atoms with Crippen LogP contribution in [0.15, 0.2) is 30.3 Å². The molecule has 3 atom stereocenters. The molecule has 1 aromatic rings. The van der Waals surface area contributed by atoms with Crippen LogP contribution in [-0.2, 0) is 30.4 Å². The van der Waals surface area contributed by atoms with Crippen LogP contribution < -0.4 is 5.32 Å². The number of ether oxygens (including phenoxy) is 3. The molecule has 144 valence electrons. The molecule has 0 radical (unpaired) electrons. The fraction of sp³-hybridized carbons (Fsp3) is 0.500. The van der Waals surface area contributed by atoms with E-state index in [1.165, 1.54) is 14.0 Å². The van der Waals surface area contributed by atoms with Gasteiger partial charge in [-0.3, -0.25) is 9.59 Å². The summed E-state index contributed by atoms with van der Waals surface area (Å²) in [5, 5.41) is 12.2. The fourth-order valence-corrected chi connectivity index (χ4v) is 2.35. The highest BCUT2D eigenvalue weighted by Gasteiger charge is 2.36. The van der Waals surface area contributed by atoms with Gasteiger partial charge < -0.3 is 24.6 Å². The van der Waals surface area contributed by atoms with E-state index in [-0.39, 0.29) is 19.6 Å². The van der Waals surface area contributed by atoms with Crippen molar-refractivity contribution >= 4 is 17.8 Å². The van der Waals surface area contributed by atoms with Gasteiger partial charge in [-0.15, -0.1) is 0 Å². The molecule has 0 saturated carbocycles. The van der Waals surface area contributed by atoms with Crippen molar-refractivity contribution in [3.63, 3.8) is 0 Å². The standard InChI is InChI=1S/C18H25NO7/c1-4-25-17(22)16(12(2)20)14(10-15(21)24-3)19-18(23)26-11-13-8-6-5-7-9-13/h5-9,14-16,21H,4,10-11H2,1-3H3,(H,19,23). The first kappa shape index (κ1) is 21.6. The Morgan fingerprint density at radius 3 is 2.35 bits per heavy atom. The Kier molecular flexibility index (Phi) is 9.32. The lowest BCUT2D eigenvalue weighted by Crippen LogP contribution is -2.48. The maximum absolute atomic E-state index is 12.1. The smallest absolute Gasteiger partial charge is 0.407 e. The van der Waals surface area contributed by atoms with Crippen LogP contribution in [0.2, 0.25) is 0 Å². The third-order valence-electron chi connectivity index (χ3n) is 3.62. The number of amides is 1. The molecule has 0 saturated heterocycles. The van der Waals surface area contributed by atoms with E-state index in [0.717, 1.165) is 5.56 Å². The van der Waals surface area contributed by atoms with E-state index in [9.17, 15) is 19.5 Å². The molecule has 26 heavy (non-hydrogen) atoms. The molecule has 1 amide bonds. The molecule has 8 nitrogen and oxygen atoms in total. The van der Waals surface area contributed by atoms with Gasteiger partial charge in [0.15, 0.2) is 6.29 Å². The number of aliphatic hydroxyl groups is 1. The third kappa shape index (κ3) is 7.20. The predicted molar refractivity (Wildman–Crippen MR) is 92.0 cm³/mol. The number of nitrogens with one attached hydrogen (secondary N) is 1. The summed E-state index contributed by atoms with van der Waals surface area (Å²) in [6.07, 6.45) is -2.27. The van der Waals surface area contributed by atoms with Gasteiger partial charge in [0.2, 0.25) is 0 Å². The van der Waals surface area contributed by atoms with E-state index >= 15 is 0 Å². The number of ketones is 1. The first-order valence-electron chi connectivity index (χ1n) is 8.24. The topological polar surface area (TPSA) is 111 Å². The first-order valence-corrected chi connectivity index (χ1v) is 8.24. The second-order valence-electron chi connectivity index (χ2n) is 5.58. The number of esters is 1. The van der Waals surface area contributed by atoms with Crippen molar-refractivity contribution in [2.24, 2.45) is 5.92 Å². The summed E-state index contributed by atoms with van der Waals surface area (Å²) in [7, 11) is 1.27. The zero-order valence-corrected chi connectivity index (χ0v) is 15.1. The Morgan fingerprint density at radius 2 is 1.81 bits per heavy atom. The van der Waals surface area contributed by atoms with Gasteiger partial charge >= 0.3 is 12.1 Å². The molecule has 0 bridgehead atoms. The van der Waals surface area contributed by atoms with E-state index in [1.54, 1.807) is 31.2 Å². The lowest BCUT2D eigenvalue weighted by molar-refractivity contribution is -0.153. The lowest BCUT2D eigenvalue weighted by atomic mass is 9.93. The second-order valence-corrected chi connectivity index (χ2v) is 5.58. The summed E-state index contributed by atoms with van der Waals surface area (Å²) in [4.78, 5) is 36.1. The molecule has 0 aliphatic rings. The number of carbonyl (C=O) groups excluding carboxylic acids is 3. The van der Waals surface area contributed by atoms with E-state index in [0.29, 0.717) is 0 Å². The Labute approximate surface area is 152 Å². The largest absolute Gasteiger partial charge is 0.465 e. The monoisotopic (exact) mass is 367 g/mol. The van der Waals surface area contributed by atoms with Crippen LogP contribution in [0.3, 0.4) is 0 Å². The summed E-state index contributed by atoms with van der Waals surface area (Å²) in [6, 6.07) is 7.99. The second kappa shape index (κ2) is 11.2. The van der Waals surface area contributed by atoms with E-state index in [1.807, 2.05) is 6.07 Å². The molecule has 0 aliphatic carbocycles. The van der Waals surface area contributed by atoms with Gasteiger partial charge in [-0.05, 0) is 19.4 Å². The quantitative estimate of drug-likeness (QED) is 0.365. The molecule has 0 spiro atoms. The van der Waals surface area contributed by atoms with Crippen molar-refractivity contribution in [3.05, 3.63) is 35.9 Å². The summed E-state index contributed by atoms with van der Waals surface area (Å²) in [5.41, 5.74) is 0.782. The molecule has 0 aromatic heterocycles. The number of aliphatic hydroxyl groups excluding tert-OH is 1. The Bertz CT molecular complexity index is 590. The van der Waals surface area contributed by atoms with Crippen molar-refractivity contribution < 1.29 is 33.7 Å². The van der Waals surface area contributed by atoms with Gasteiger partial charge in [-0.1, -0.05) is 30.3 Å². The Balaban J connectivity index is 2.81. The predicted octanol–water partition coefficient (Wildman–Crippen LogP) is 1.40. The molecule has 3 unspecified atom stereocenters. The molecule has 0 fully saturated rings. The number of rotatable bonds is 10. The number of Topliss-reactive ketones (excluding diaryl/α,β-unsaturated/α-hetero) is 1. The Morgan fingerprint density at radius 1 is 1.15 bits per heavy atom. The minimum Gasteiger partial charge on any atom is -0.465 e. The van der Waals surface area contributed by atoms with Crippen LogP contribution in [-0.4, -0.2) is 49.0 Å². The van der Waals surface area contributed by atoms with Crippen molar-refractivity contribution in [1.82, 2.24) is 5.32 Å². The van der Waals surface area contributed by atoms with Crippen LogP contribution in [0.1, 0.15) is 25.8 Å². The van der Waals surface area contributed by atoms with Gasteiger partial charge in [0.05, 0.1) is 12.6 Å². The molecule has 0 heterocycles. The Hall–Kier alpha value is -2.45. The van der Waals surface area contributed by atoms with Crippen molar-refractivity contribution in [1.29, 1.82) is 0 Å². The zero-order valence-electron chi connectivity index (χ0n) is 15.1. The van der Waals surface area contributed by atoms with E-state index in [4.69, 9.17) is 14.2 Å². The molecule has 1 aromatic carbocycles. The SMILES string of the molecule is CCOC(=O)C(C(C)=O)C(CC(O)OC)NC(=O)OCc1ccccc1. The van der Waals surface area contributed by atoms with Crippen LogP contribution >= 0.6 is 0 Å². The average Bonchev–Trinajstić information content (AvgIpc) is 2.60. The maximum atomic E-state index is 12.1. The van der Waals surface area contributed by atoms with Crippen LogP contribution in [0, 0.1) is 5.92 Å². The number of benzene rings is 1. The minimum absolute atomic E-state index is 0.0242. The summed E-state index contributed by atoms with van der Waals surface area (Å²) < 4.78 is 14.8. The molecule has 0 aliphatic heterocycles. The molecule has 1 rings (SSSR count). The normalized spacial score (nSPS) is 14.0. The van der Waals surface area contributed by atoms with Crippen LogP contribution in [0.5, 0.6) is 0 Å². The van der Waals surface area contributed by atoms with E-state index in [2.05, 4.69) is 5.32 Å². The van der Waals surface area contributed by atoms with Gasteiger partial charge in [0.1, 0.15) is 18.3 Å². The highest BCUT2D eigenvalue weighted by Crippen LogP contribution is 2.15. The first-order chi connectivity index (χ1) is 12.4. The summed E-state index contributed by atoms with van der Waals surface area (Å²) >= 11 is 0. The van der Waals surface area contributed by atoms with Crippen LogP contribution in [0.25, 0.3) is 0 Å². The van der Waals surface area contributed by atoms with Crippen molar-refractivity contribution in [3.8, 4) is 0 Å². The molecule has 8 heteroatoms. The van der Waals surface area contributed by atoms with Gasteiger partial charge in [-0.2, -0.15) is 0 Å². The van der Waals surface area contributed by atoms with Crippen molar-refractivity contribution in [2.45, 2.75) is 39.2 Å². The highest BCUT2D eigenvalue weighted by atomic mass is 16.6. The van der Waals surface area contributed by atoms with Gasteiger partial charge in [0.25, 0.3) is 0 Å². The van der Waals surface area contributed by atoms with Gasteiger partial charge in [-0.25, -0.2) is 4.79 Å². The number of carbonyl (C=O) groups is 3. The number of methoxy groups -OCH3 is 1. The number of alkyl carbamates (subject to hydrolysis) is 1.